The molecular weight excluding hydrogens is 560 g/mol. The van der Waals surface area contributed by atoms with Crippen molar-refractivity contribution in [3.05, 3.63) is 76.0 Å². The first-order chi connectivity index (χ1) is 19.8. The minimum Gasteiger partial charge on any atom is -0.329 e. The second kappa shape index (κ2) is 10.5. The summed E-state index contributed by atoms with van der Waals surface area (Å²) < 4.78 is 81.7. The fourth-order valence-corrected chi connectivity index (χ4v) is 5.38. The van der Waals surface area contributed by atoms with Gasteiger partial charge in [-0.05, 0) is 78.8 Å². The van der Waals surface area contributed by atoms with Gasteiger partial charge in [0, 0.05) is 37.1 Å². The molecule has 0 atom stereocenters. The molecule has 0 saturated heterocycles. The molecule has 2 aliphatic rings. The van der Waals surface area contributed by atoms with Gasteiger partial charge in [0.15, 0.2) is 0 Å². The lowest BCUT2D eigenvalue weighted by Gasteiger charge is -2.26. The van der Waals surface area contributed by atoms with E-state index < -0.39 is 23.5 Å². The van der Waals surface area contributed by atoms with Gasteiger partial charge in [-0.2, -0.15) is 31.1 Å². The second-order valence-electron chi connectivity index (χ2n) is 11.2. The largest absolute Gasteiger partial charge is 0.416 e. The second-order valence-corrected chi connectivity index (χ2v) is 11.2. The minimum absolute atomic E-state index is 0.0833. The number of anilines is 1. The van der Waals surface area contributed by atoms with Crippen molar-refractivity contribution in [3.8, 4) is 0 Å². The summed E-state index contributed by atoms with van der Waals surface area (Å²) >= 11 is 0. The number of benzene rings is 2. The van der Waals surface area contributed by atoms with Gasteiger partial charge < -0.3 is 4.90 Å². The van der Waals surface area contributed by atoms with Crippen molar-refractivity contribution >= 4 is 16.9 Å². The lowest BCUT2D eigenvalue weighted by atomic mass is 10.0. The predicted molar refractivity (Wildman–Crippen MR) is 143 cm³/mol. The molecule has 42 heavy (non-hydrogen) atoms. The first-order valence-corrected chi connectivity index (χ1v) is 13.8. The molecule has 2 heterocycles. The van der Waals surface area contributed by atoms with Crippen LogP contribution in [0.3, 0.4) is 0 Å². The number of pyridine rings is 1. The zero-order valence-corrected chi connectivity index (χ0v) is 23.0. The van der Waals surface area contributed by atoms with Crippen molar-refractivity contribution in [2.45, 2.75) is 76.7 Å². The number of alkyl halides is 6. The van der Waals surface area contributed by atoms with E-state index in [4.69, 9.17) is 4.98 Å². The molecule has 0 radical (unpaired) electrons. The summed E-state index contributed by atoms with van der Waals surface area (Å²) in [5.74, 6) is 0.0833. The van der Waals surface area contributed by atoms with Crippen LogP contribution >= 0.6 is 0 Å². The highest BCUT2D eigenvalue weighted by atomic mass is 19.4. The highest BCUT2D eigenvalue weighted by molar-refractivity contribution is 5.82. The normalized spacial score (nSPS) is 16.0. The Morgan fingerprint density at radius 2 is 1.50 bits per heavy atom. The smallest absolute Gasteiger partial charge is 0.329 e. The fraction of sp³-hybridized carbons (Fsp3) is 0.448. The Balaban J connectivity index is 1.41. The van der Waals surface area contributed by atoms with Crippen LogP contribution in [0.15, 0.2) is 42.5 Å². The van der Waals surface area contributed by atoms with Gasteiger partial charge in [0.25, 0.3) is 5.95 Å². The van der Waals surface area contributed by atoms with Crippen LogP contribution in [0.4, 0.5) is 32.3 Å². The number of hydrogen-bond donors (Lipinski definition) is 0. The van der Waals surface area contributed by atoms with Gasteiger partial charge in [0.1, 0.15) is 0 Å². The Labute approximate surface area is 238 Å². The molecule has 4 aromatic rings. The van der Waals surface area contributed by atoms with Crippen LogP contribution in [0.2, 0.25) is 0 Å². The number of para-hydroxylation sites is 1. The topological polar surface area (TPSA) is 63.0 Å². The Hall–Kier alpha value is -3.74. The summed E-state index contributed by atoms with van der Waals surface area (Å²) in [6.45, 7) is 2.40. The van der Waals surface area contributed by atoms with E-state index in [1.807, 2.05) is 31.2 Å². The molecule has 0 N–H and O–H groups in total. The molecule has 2 fully saturated rings. The van der Waals surface area contributed by atoms with Crippen molar-refractivity contribution in [2.75, 3.05) is 4.90 Å². The first-order valence-electron chi connectivity index (χ1n) is 13.8. The zero-order chi connectivity index (χ0) is 29.8. The number of tetrazole rings is 1. The molecule has 2 aliphatic carbocycles. The number of hydrogen-bond acceptors (Lipinski definition) is 6. The maximum Gasteiger partial charge on any atom is 0.416 e. The van der Waals surface area contributed by atoms with Crippen molar-refractivity contribution in [2.24, 2.45) is 7.05 Å². The third-order valence-electron chi connectivity index (χ3n) is 7.74. The minimum atomic E-state index is -4.95. The SMILES string of the molecule is Cc1cccc2cc(CN(Cc3cc(C(F)(F)F)cc(C(F)(F)F)c3)c3nnn(C)n3)c(CN(C3CC3)C3CC3)nc12. The van der Waals surface area contributed by atoms with E-state index in [2.05, 4.69) is 20.3 Å². The standard InChI is InChI=1S/C29H29F6N7/c1-17-4-3-5-19-12-20(25(36-26(17)19)16-42(23-6-7-23)24-8-9-24)15-41(27-37-39-40(2)38-27)14-18-10-21(28(30,31)32)13-22(11-18)29(33,34)35/h3-5,10-13,23-24H,6-9,14-16H2,1-2H3. The van der Waals surface area contributed by atoms with Gasteiger partial charge >= 0.3 is 12.4 Å². The van der Waals surface area contributed by atoms with E-state index in [0.29, 0.717) is 18.6 Å². The maximum absolute atomic E-state index is 13.6. The molecule has 13 heteroatoms. The van der Waals surface area contributed by atoms with Gasteiger partial charge in [-0.1, -0.05) is 23.3 Å². The molecule has 2 aromatic carbocycles. The summed E-state index contributed by atoms with van der Waals surface area (Å²) in [7, 11) is 1.54. The quantitative estimate of drug-likeness (QED) is 0.210. The van der Waals surface area contributed by atoms with Gasteiger partial charge in [0.05, 0.1) is 29.4 Å². The van der Waals surface area contributed by atoms with Crippen LogP contribution < -0.4 is 4.90 Å². The lowest BCUT2D eigenvalue weighted by Crippen LogP contribution is -2.30. The van der Waals surface area contributed by atoms with E-state index in [1.165, 1.54) is 11.8 Å². The highest BCUT2D eigenvalue weighted by Crippen LogP contribution is 2.40. The van der Waals surface area contributed by atoms with E-state index in [9.17, 15) is 26.3 Å². The Morgan fingerprint density at radius 3 is 2.05 bits per heavy atom. The molecule has 2 saturated carbocycles. The number of aromatic nitrogens is 5. The summed E-state index contributed by atoms with van der Waals surface area (Å²) in [5.41, 5.74) is 0.591. The highest BCUT2D eigenvalue weighted by Gasteiger charge is 2.40. The summed E-state index contributed by atoms with van der Waals surface area (Å²) in [4.78, 5) is 10.3. The van der Waals surface area contributed by atoms with Crippen molar-refractivity contribution in [3.63, 3.8) is 0 Å². The Bertz CT molecular complexity index is 1560. The zero-order valence-electron chi connectivity index (χ0n) is 23.0. The van der Waals surface area contributed by atoms with Crippen LogP contribution in [0, 0.1) is 6.92 Å². The monoisotopic (exact) mass is 589 g/mol. The Kier molecular flexibility index (Phi) is 7.11. The predicted octanol–water partition coefficient (Wildman–Crippen LogP) is 6.44. The summed E-state index contributed by atoms with van der Waals surface area (Å²) in [5, 5.41) is 13.0. The van der Waals surface area contributed by atoms with E-state index in [-0.39, 0.29) is 30.7 Å². The Morgan fingerprint density at radius 1 is 0.857 bits per heavy atom. The molecule has 2 aromatic heterocycles. The number of halogens is 6. The van der Waals surface area contributed by atoms with Crippen LogP contribution in [-0.4, -0.2) is 42.2 Å². The van der Waals surface area contributed by atoms with Crippen LogP contribution in [0.5, 0.6) is 0 Å². The molecule has 0 unspecified atom stereocenters. The van der Waals surface area contributed by atoms with Gasteiger partial charge in [-0.3, -0.25) is 9.88 Å². The molecule has 6 rings (SSSR count). The van der Waals surface area contributed by atoms with E-state index in [0.717, 1.165) is 65.5 Å². The first kappa shape index (κ1) is 28.4. The molecule has 7 nitrogen and oxygen atoms in total. The van der Waals surface area contributed by atoms with Crippen LogP contribution in [-0.2, 0) is 39.0 Å². The van der Waals surface area contributed by atoms with Crippen LogP contribution in [0.1, 0.15) is 59.2 Å². The lowest BCUT2D eigenvalue weighted by molar-refractivity contribution is -0.143. The molecule has 0 bridgehead atoms. The van der Waals surface area contributed by atoms with Crippen molar-refractivity contribution < 1.29 is 26.3 Å². The van der Waals surface area contributed by atoms with Crippen LogP contribution in [0.25, 0.3) is 10.9 Å². The molecule has 0 aliphatic heterocycles. The third-order valence-corrected chi connectivity index (χ3v) is 7.74. The van der Waals surface area contributed by atoms with Crippen molar-refractivity contribution in [1.82, 2.24) is 30.1 Å². The fourth-order valence-electron chi connectivity index (χ4n) is 5.38. The molecule has 222 valence electrons. The van der Waals surface area contributed by atoms with Gasteiger partial charge in [0.2, 0.25) is 0 Å². The van der Waals surface area contributed by atoms with Gasteiger partial charge in [-0.25, -0.2) is 0 Å². The third kappa shape index (κ3) is 6.20. The summed E-state index contributed by atoms with van der Waals surface area (Å²) in [6, 6.07) is 10.5. The molecule has 0 amide bonds. The van der Waals surface area contributed by atoms with E-state index >= 15 is 0 Å². The van der Waals surface area contributed by atoms with E-state index in [1.54, 1.807) is 4.90 Å². The maximum atomic E-state index is 13.6. The summed E-state index contributed by atoms with van der Waals surface area (Å²) in [6.07, 6.45) is -5.38. The number of fused-ring (bicyclic) bond motifs is 1. The van der Waals surface area contributed by atoms with Gasteiger partial charge in [-0.15, -0.1) is 5.10 Å². The number of rotatable bonds is 9. The molecular formula is C29H29F6N7. The average molecular weight is 590 g/mol. The molecule has 0 spiro atoms. The van der Waals surface area contributed by atoms with Crippen molar-refractivity contribution in [1.29, 1.82) is 0 Å². The average Bonchev–Trinajstić information content (AvgIpc) is 3.85. The number of aryl methyl sites for hydroxylation is 2. The number of nitrogens with zero attached hydrogens (tertiary/aromatic N) is 7.